The summed E-state index contributed by atoms with van der Waals surface area (Å²) in [6.45, 7) is 0. The Balaban J connectivity index is 0.00000353. The van der Waals surface area contributed by atoms with Crippen LogP contribution in [0.15, 0.2) is 60.0 Å². The molecule has 5 aromatic rings. The molecule has 39 heavy (non-hydrogen) atoms. The maximum atomic E-state index is 13.5. The van der Waals surface area contributed by atoms with Gasteiger partial charge in [-0.1, -0.05) is 35.2 Å². The van der Waals surface area contributed by atoms with Crippen LogP contribution in [0.5, 0.6) is 11.6 Å². The largest absolute Gasteiger partial charge is 0.437 e. The predicted molar refractivity (Wildman–Crippen MR) is 121 cm³/mol. The molecule has 0 atom stereocenters. The second kappa shape index (κ2) is 10.1. The van der Waals surface area contributed by atoms with Gasteiger partial charge >= 0.3 is 18.5 Å². The molecule has 3 nitrogen and oxygen atoms in total. The van der Waals surface area contributed by atoms with Crippen molar-refractivity contribution in [3.05, 3.63) is 82.7 Å². The van der Waals surface area contributed by atoms with Gasteiger partial charge in [0.25, 0.3) is 0 Å². The molecule has 0 aliphatic carbocycles. The molecule has 0 spiro atoms. The molecule has 0 fully saturated rings. The van der Waals surface area contributed by atoms with Gasteiger partial charge in [0, 0.05) is 31.2 Å². The summed E-state index contributed by atoms with van der Waals surface area (Å²) in [6, 6.07) is 14.5. The van der Waals surface area contributed by atoms with E-state index < -0.39 is 46.8 Å². The molecule has 0 bridgehead atoms. The molecule has 0 N–H and O–H groups in total. The van der Waals surface area contributed by atoms with Crippen LogP contribution in [0.1, 0.15) is 16.7 Å². The Hall–Kier alpha value is -3.22. The van der Waals surface area contributed by atoms with Crippen molar-refractivity contribution in [3.63, 3.8) is 0 Å². The van der Waals surface area contributed by atoms with E-state index in [1.165, 1.54) is 11.3 Å². The van der Waals surface area contributed by atoms with Gasteiger partial charge in [0.2, 0.25) is 5.88 Å². The van der Waals surface area contributed by atoms with E-state index in [4.69, 9.17) is 4.74 Å². The summed E-state index contributed by atoms with van der Waals surface area (Å²) in [5, 5.41) is 11.5. The van der Waals surface area contributed by atoms with Crippen LogP contribution in [-0.4, -0.2) is 10.2 Å². The molecule has 0 aliphatic heterocycles. The number of nitrogens with zero attached hydrogens (tertiary/aromatic N) is 2. The molecule has 1 radical (unpaired) electrons. The maximum absolute atomic E-state index is 13.5. The zero-order valence-electron chi connectivity index (χ0n) is 18.7. The number of benzene rings is 3. The molecule has 0 amide bonds. The van der Waals surface area contributed by atoms with E-state index in [0.717, 1.165) is 5.39 Å². The summed E-state index contributed by atoms with van der Waals surface area (Å²) in [7, 11) is 0. The Morgan fingerprint density at radius 1 is 0.718 bits per heavy atom. The number of thiophene rings is 1. The van der Waals surface area contributed by atoms with E-state index >= 15 is 0 Å². The fourth-order valence-corrected chi connectivity index (χ4v) is 4.64. The van der Waals surface area contributed by atoms with Crippen LogP contribution >= 0.6 is 11.3 Å². The van der Waals surface area contributed by atoms with Gasteiger partial charge in [-0.15, -0.1) is 10.5 Å². The zero-order valence-corrected chi connectivity index (χ0v) is 21.9. The van der Waals surface area contributed by atoms with Gasteiger partial charge in [-0.3, -0.25) is 0 Å². The third kappa shape index (κ3) is 5.59. The summed E-state index contributed by atoms with van der Waals surface area (Å²) in [4.78, 5) is 0.553. The minimum Gasteiger partial charge on any atom is -0.437 e. The van der Waals surface area contributed by atoms with Crippen molar-refractivity contribution in [3.8, 4) is 22.2 Å². The van der Waals surface area contributed by atoms with Gasteiger partial charge in [-0.25, -0.2) is 16.4 Å². The Bertz CT molecular complexity index is 1630. The number of halogens is 9. The van der Waals surface area contributed by atoms with Crippen molar-refractivity contribution in [2.24, 2.45) is 0 Å². The summed E-state index contributed by atoms with van der Waals surface area (Å²) in [6.07, 6.45) is -17.5. The fourth-order valence-electron chi connectivity index (χ4n) is 3.97. The van der Waals surface area contributed by atoms with Gasteiger partial charge in [0.15, 0.2) is 0 Å². The minimum absolute atomic E-state index is 0. The first-order chi connectivity index (χ1) is 17.7. The SMILES string of the molecule is FC(F)(F)c1cc(Oc2nnc(-c3[c-]ccs3)c3cc4ccccc4cc23)cc(C(F)(F)F)c1C(F)(F)F.[Ir]. The van der Waals surface area contributed by atoms with Crippen LogP contribution in [-0.2, 0) is 38.6 Å². The fraction of sp³-hybridized carbons (Fsp3) is 0.120. The molecule has 0 unspecified atom stereocenters. The first-order valence-corrected chi connectivity index (χ1v) is 11.3. The van der Waals surface area contributed by atoms with E-state index in [1.54, 1.807) is 47.8 Å². The molecule has 5 rings (SSSR count). The second-order valence-corrected chi connectivity index (χ2v) is 8.90. The van der Waals surface area contributed by atoms with Gasteiger partial charge in [0.05, 0.1) is 16.7 Å². The van der Waals surface area contributed by atoms with Crippen molar-refractivity contribution in [2.45, 2.75) is 18.5 Å². The molecule has 3 aromatic carbocycles. The smallest absolute Gasteiger partial charge is 0.417 e. The molecular formula is C25H10F9IrN2OS-. The summed E-state index contributed by atoms with van der Waals surface area (Å²) < 4.78 is 127. The van der Waals surface area contributed by atoms with Crippen LogP contribution in [0.2, 0.25) is 0 Å². The van der Waals surface area contributed by atoms with Crippen molar-refractivity contribution in [1.82, 2.24) is 10.2 Å². The van der Waals surface area contributed by atoms with Gasteiger partial charge in [-0.2, -0.15) is 51.6 Å². The molecule has 2 heterocycles. The number of rotatable bonds is 3. The average molecular weight is 750 g/mol. The van der Waals surface area contributed by atoms with E-state index in [1.807, 2.05) is 0 Å². The van der Waals surface area contributed by atoms with Crippen molar-refractivity contribution in [2.75, 3.05) is 0 Å². The molecule has 205 valence electrons. The summed E-state index contributed by atoms with van der Waals surface area (Å²) >= 11 is 1.26. The Morgan fingerprint density at radius 3 is 1.77 bits per heavy atom. The number of fused-ring (bicyclic) bond motifs is 2. The van der Waals surface area contributed by atoms with E-state index in [9.17, 15) is 39.5 Å². The number of alkyl halides is 9. The number of aromatic nitrogens is 2. The quantitative estimate of drug-likeness (QED) is 0.105. The van der Waals surface area contributed by atoms with Crippen molar-refractivity contribution >= 4 is 32.9 Å². The van der Waals surface area contributed by atoms with Crippen molar-refractivity contribution in [1.29, 1.82) is 0 Å². The second-order valence-electron chi connectivity index (χ2n) is 7.98. The van der Waals surface area contributed by atoms with Crippen molar-refractivity contribution < 1.29 is 64.4 Å². The van der Waals surface area contributed by atoms with Crippen LogP contribution in [0.3, 0.4) is 0 Å². The van der Waals surface area contributed by atoms with Crippen LogP contribution < -0.4 is 4.74 Å². The molecular weight excluding hydrogens is 740 g/mol. The standard InChI is InChI=1S/C25H10F9N2OS.Ir/c26-23(27,28)17-10-14(11-18(24(29,30)31)20(17)25(32,33)34)37-22-16-9-13-5-2-1-4-12(13)8-15(16)21(35-36-22)19-6-3-7-38-19;/h1-5,7-11H;/q-1;. The normalized spacial score (nSPS) is 12.5. The first kappa shape index (κ1) is 28.8. The topological polar surface area (TPSA) is 35.0 Å². The third-order valence-electron chi connectivity index (χ3n) is 5.52. The molecule has 2 aromatic heterocycles. The summed E-state index contributed by atoms with van der Waals surface area (Å²) in [5.74, 6) is -1.64. The monoisotopic (exact) mass is 750 g/mol. The van der Waals surface area contributed by atoms with Gasteiger partial charge < -0.3 is 4.74 Å². The van der Waals surface area contributed by atoms with Crippen LogP contribution in [0, 0.1) is 6.07 Å². The van der Waals surface area contributed by atoms with Crippen LogP contribution in [0.25, 0.3) is 32.1 Å². The molecule has 0 saturated carbocycles. The third-order valence-corrected chi connectivity index (χ3v) is 6.34. The Kier molecular flexibility index (Phi) is 7.43. The first-order valence-electron chi connectivity index (χ1n) is 10.5. The average Bonchev–Trinajstić information content (AvgIpc) is 3.35. The Labute approximate surface area is 230 Å². The molecule has 0 aliphatic rings. The van der Waals surface area contributed by atoms with Crippen LogP contribution in [0.4, 0.5) is 39.5 Å². The zero-order chi connectivity index (χ0) is 27.5. The molecule has 0 saturated heterocycles. The van der Waals surface area contributed by atoms with Gasteiger partial charge in [-0.05, 0) is 34.4 Å². The summed E-state index contributed by atoms with van der Waals surface area (Å²) in [5.41, 5.74) is -7.60. The Morgan fingerprint density at radius 2 is 1.28 bits per heavy atom. The number of hydrogen-bond acceptors (Lipinski definition) is 4. The molecule has 14 heteroatoms. The number of hydrogen-bond donors (Lipinski definition) is 0. The van der Waals surface area contributed by atoms with Gasteiger partial charge in [0.1, 0.15) is 5.75 Å². The van der Waals surface area contributed by atoms with E-state index in [0.29, 0.717) is 21.3 Å². The minimum atomic E-state index is -5.95. The van der Waals surface area contributed by atoms with E-state index in [-0.39, 0.29) is 37.6 Å². The van der Waals surface area contributed by atoms with E-state index in [2.05, 4.69) is 16.3 Å². The predicted octanol–water partition coefficient (Wildman–Crippen LogP) is 9.16. The number of ether oxygens (including phenoxy) is 1. The maximum Gasteiger partial charge on any atom is 0.417 e.